The Bertz CT molecular complexity index is 514. The van der Waals surface area contributed by atoms with E-state index < -0.39 is 10.8 Å². The number of nitro groups is 1. The molecule has 1 aromatic rings. The van der Waals surface area contributed by atoms with Crippen molar-refractivity contribution in [3.63, 3.8) is 0 Å². The van der Waals surface area contributed by atoms with Crippen LogP contribution < -0.4 is 5.32 Å². The van der Waals surface area contributed by atoms with E-state index in [9.17, 15) is 14.9 Å². The van der Waals surface area contributed by atoms with E-state index in [1.807, 2.05) is 0 Å². The normalized spacial score (nSPS) is 21.6. The third kappa shape index (κ3) is 3.02. The number of benzene rings is 1. The highest BCUT2D eigenvalue weighted by Crippen LogP contribution is 2.29. The molecule has 0 bridgehead atoms. The van der Waals surface area contributed by atoms with Crippen LogP contribution >= 0.6 is 11.6 Å². The molecule has 0 saturated heterocycles. The smallest absolute Gasteiger partial charge is 0.300 e. The highest BCUT2D eigenvalue weighted by molar-refractivity contribution is 6.33. The summed E-state index contributed by atoms with van der Waals surface area (Å²) in [5, 5.41) is 22.6. The molecule has 7 heteroatoms. The van der Waals surface area contributed by atoms with Crippen LogP contribution in [0, 0.1) is 16.0 Å². The van der Waals surface area contributed by atoms with Gasteiger partial charge in [-0.3, -0.25) is 14.9 Å². The standard InChI is InChI=1S/C12H13ClN2O4/c13-10-3-1-2-9(11(10)15(18)19)12(17)14-6-7-4-8(16)5-7/h1-3,7-8,16H,4-6H2,(H,14,17). The number of nitrogens with one attached hydrogen (secondary N) is 1. The van der Waals surface area contributed by atoms with Crippen LogP contribution in [0.25, 0.3) is 0 Å². The number of aliphatic hydroxyl groups excluding tert-OH is 1. The molecule has 0 aromatic heterocycles. The predicted octanol–water partition coefficient (Wildman–Crippen LogP) is 1.75. The van der Waals surface area contributed by atoms with E-state index >= 15 is 0 Å². The Morgan fingerprint density at radius 3 is 2.79 bits per heavy atom. The van der Waals surface area contributed by atoms with Crippen molar-refractivity contribution in [3.05, 3.63) is 38.9 Å². The number of carbonyl (C=O) groups excluding carboxylic acids is 1. The summed E-state index contributed by atoms with van der Waals surface area (Å²) in [6.45, 7) is 0.402. The Morgan fingerprint density at radius 1 is 1.53 bits per heavy atom. The molecular weight excluding hydrogens is 272 g/mol. The second kappa shape index (κ2) is 5.54. The van der Waals surface area contributed by atoms with Gasteiger partial charge in [-0.15, -0.1) is 0 Å². The molecule has 2 rings (SSSR count). The number of nitrogens with zero attached hydrogens (tertiary/aromatic N) is 1. The molecule has 1 aromatic carbocycles. The largest absolute Gasteiger partial charge is 0.393 e. The summed E-state index contributed by atoms with van der Waals surface area (Å²) in [5.74, 6) is -0.284. The fourth-order valence-corrected chi connectivity index (χ4v) is 2.33. The van der Waals surface area contributed by atoms with Crippen LogP contribution in [-0.4, -0.2) is 28.6 Å². The van der Waals surface area contributed by atoms with E-state index in [-0.39, 0.29) is 28.3 Å². The number of aliphatic hydroxyl groups is 1. The number of para-hydroxylation sites is 1. The van der Waals surface area contributed by atoms with E-state index in [1.165, 1.54) is 18.2 Å². The van der Waals surface area contributed by atoms with Gasteiger partial charge in [0, 0.05) is 6.54 Å². The fourth-order valence-electron chi connectivity index (χ4n) is 2.08. The Kier molecular flexibility index (Phi) is 4.01. The van der Waals surface area contributed by atoms with E-state index in [1.54, 1.807) is 0 Å². The first-order valence-electron chi connectivity index (χ1n) is 5.88. The van der Waals surface area contributed by atoms with Crippen LogP contribution in [-0.2, 0) is 0 Å². The van der Waals surface area contributed by atoms with Crippen LogP contribution in [0.1, 0.15) is 23.2 Å². The summed E-state index contributed by atoms with van der Waals surface area (Å²) in [6.07, 6.45) is 1.01. The molecule has 0 atom stereocenters. The Hall–Kier alpha value is -1.66. The Labute approximate surface area is 114 Å². The maximum atomic E-state index is 11.9. The predicted molar refractivity (Wildman–Crippen MR) is 69.2 cm³/mol. The zero-order chi connectivity index (χ0) is 14.0. The number of amides is 1. The number of carbonyl (C=O) groups is 1. The van der Waals surface area contributed by atoms with E-state index in [0.29, 0.717) is 19.4 Å². The highest BCUT2D eigenvalue weighted by Gasteiger charge is 2.29. The van der Waals surface area contributed by atoms with Gasteiger partial charge < -0.3 is 10.4 Å². The van der Waals surface area contributed by atoms with Gasteiger partial charge in [-0.2, -0.15) is 0 Å². The molecule has 1 aliphatic carbocycles. The molecule has 1 fully saturated rings. The van der Waals surface area contributed by atoms with E-state index in [2.05, 4.69) is 5.32 Å². The minimum absolute atomic E-state index is 0.0441. The second-order valence-electron chi connectivity index (χ2n) is 4.59. The van der Waals surface area contributed by atoms with Gasteiger partial charge in [0.15, 0.2) is 0 Å². The third-order valence-corrected chi connectivity index (χ3v) is 3.48. The lowest BCUT2D eigenvalue weighted by Gasteiger charge is -2.31. The summed E-state index contributed by atoms with van der Waals surface area (Å²) in [7, 11) is 0. The molecule has 1 amide bonds. The van der Waals surface area contributed by atoms with Crippen molar-refractivity contribution in [2.75, 3.05) is 6.54 Å². The van der Waals surface area contributed by atoms with Crippen molar-refractivity contribution in [3.8, 4) is 0 Å². The van der Waals surface area contributed by atoms with Crippen LogP contribution in [0.2, 0.25) is 5.02 Å². The van der Waals surface area contributed by atoms with Crippen molar-refractivity contribution in [1.29, 1.82) is 0 Å². The molecular formula is C12H13ClN2O4. The first kappa shape index (κ1) is 13.8. The fraction of sp³-hybridized carbons (Fsp3) is 0.417. The maximum Gasteiger partial charge on any atom is 0.300 e. The molecule has 0 aliphatic heterocycles. The number of hydrogen-bond donors (Lipinski definition) is 2. The van der Waals surface area contributed by atoms with Crippen LogP contribution in [0.4, 0.5) is 5.69 Å². The van der Waals surface area contributed by atoms with Gasteiger partial charge in [0.25, 0.3) is 5.91 Å². The first-order chi connectivity index (χ1) is 8.99. The average molecular weight is 285 g/mol. The maximum absolute atomic E-state index is 11.9. The minimum Gasteiger partial charge on any atom is -0.393 e. The monoisotopic (exact) mass is 284 g/mol. The molecule has 102 valence electrons. The molecule has 6 nitrogen and oxygen atoms in total. The molecule has 0 radical (unpaired) electrons. The lowest BCUT2D eigenvalue weighted by atomic mass is 9.82. The number of hydrogen-bond acceptors (Lipinski definition) is 4. The lowest BCUT2D eigenvalue weighted by molar-refractivity contribution is -0.385. The topological polar surface area (TPSA) is 92.5 Å². The molecule has 1 aliphatic rings. The second-order valence-corrected chi connectivity index (χ2v) is 5.00. The van der Waals surface area contributed by atoms with Crippen molar-refractivity contribution in [1.82, 2.24) is 5.32 Å². The highest BCUT2D eigenvalue weighted by atomic mass is 35.5. The summed E-state index contributed by atoms with van der Waals surface area (Å²) in [6, 6.07) is 4.24. The lowest BCUT2D eigenvalue weighted by Crippen LogP contribution is -2.38. The molecule has 19 heavy (non-hydrogen) atoms. The van der Waals surface area contributed by atoms with Crippen molar-refractivity contribution >= 4 is 23.2 Å². The molecule has 0 spiro atoms. The van der Waals surface area contributed by atoms with Gasteiger partial charge in [0.05, 0.1) is 11.0 Å². The van der Waals surface area contributed by atoms with Gasteiger partial charge in [0.1, 0.15) is 10.6 Å². The van der Waals surface area contributed by atoms with Crippen LogP contribution in [0.5, 0.6) is 0 Å². The molecule has 1 saturated carbocycles. The van der Waals surface area contributed by atoms with E-state index in [0.717, 1.165) is 0 Å². The summed E-state index contributed by atoms with van der Waals surface area (Å²) >= 11 is 5.73. The summed E-state index contributed by atoms with van der Waals surface area (Å²) in [5.41, 5.74) is -0.423. The molecule has 0 heterocycles. The van der Waals surface area contributed by atoms with Crippen molar-refractivity contribution in [2.45, 2.75) is 18.9 Å². The number of nitro benzene ring substituents is 1. The first-order valence-corrected chi connectivity index (χ1v) is 6.26. The van der Waals surface area contributed by atoms with Gasteiger partial charge in [-0.05, 0) is 30.9 Å². The quantitative estimate of drug-likeness (QED) is 0.651. The Balaban J connectivity index is 2.06. The van der Waals surface area contributed by atoms with Gasteiger partial charge in [-0.1, -0.05) is 17.7 Å². The van der Waals surface area contributed by atoms with Crippen LogP contribution in [0.3, 0.4) is 0 Å². The zero-order valence-electron chi connectivity index (χ0n) is 10.0. The third-order valence-electron chi connectivity index (χ3n) is 3.18. The zero-order valence-corrected chi connectivity index (χ0v) is 10.8. The SMILES string of the molecule is O=C(NCC1CC(O)C1)c1cccc(Cl)c1[N+](=O)[O-]. The average Bonchev–Trinajstić information content (AvgIpc) is 2.32. The summed E-state index contributed by atoms with van der Waals surface area (Å²) in [4.78, 5) is 22.2. The Morgan fingerprint density at radius 2 is 2.21 bits per heavy atom. The van der Waals surface area contributed by atoms with Crippen molar-refractivity contribution < 1.29 is 14.8 Å². The van der Waals surface area contributed by atoms with Gasteiger partial charge in [-0.25, -0.2) is 0 Å². The molecule has 2 N–H and O–H groups in total. The minimum atomic E-state index is -0.662. The number of halogens is 1. The van der Waals surface area contributed by atoms with Gasteiger partial charge >= 0.3 is 5.69 Å². The van der Waals surface area contributed by atoms with Gasteiger partial charge in [0.2, 0.25) is 0 Å². The number of rotatable bonds is 4. The van der Waals surface area contributed by atoms with Crippen LogP contribution in [0.15, 0.2) is 18.2 Å². The van der Waals surface area contributed by atoms with Crippen molar-refractivity contribution in [2.24, 2.45) is 5.92 Å². The summed E-state index contributed by atoms with van der Waals surface area (Å²) < 4.78 is 0. The van der Waals surface area contributed by atoms with E-state index in [4.69, 9.17) is 16.7 Å². The molecule has 0 unspecified atom stereocenters.